The van der Waals surface area contributed by atoms with E-state index in [1.54, 1.807) is 0 Å². The number of benzene rings is 1. The lowest BCUT2D eigenvalue weighted by Gasteiger charge is -2.48. The number of hydrogen-bond acceptors (Lipinski definition) is 3. The van der Waals surface area contributed by atoms with Crippen molar-refractivity contribution in [1.29, 1.82) is 0 Å². The number of guanidine groups is 1. The summed E-state index contributed by atoms with van der Waals surface area (Å²) in [4.78, 5) is 13.0. The first-order valence-electron chi connectivity index (χ1n) is 12.3. The van der Waals surface area contributed by atoms with Crippen LogP contribution in [0.3, 0.4) is 0 Å². The molecule has 31 heavy (non-hydrogen) atoms. The van der Waals surface area contributed by atoms with Crippen molar-refractivity contribution in [2.45, 2.75) is 52.1 Å². The lowest BCUT2D eigenvalue weighted by Crippen LogP contribution is -2.56. The average Bonchev–Trinajstić information content (AvgIpc) is 3.25. The maximum atomic E-state index is 5.10. The van der Waals surface area contributed by atoms with Crippen molar-refractivity contribution in [2.75, 3.05) is 52.4 Å². The average molecular weight is 540 g/mol. The van der Waals surface area contributed by atoms with Gasteiger partial charge in [0.25, 0.3) is 0 Å². The third-order valence-corrected chi connectivity index (χ3v) is 7.36. The maximum Gasteiger partial charge on any atom is 0.193 e. The molecule has 3 heterocycles. The van der Waals surface area contributed by atoms with Crippen LogP contribution >= 0.6 is 24.0 Å². The van der Waals surface area contributed by atoms with E-state index in [-0.39, 0.29) is 24.0 Å². The Hall–Kier alpha value is -0.860. The number of fused-ring (bicyclic) bond motifs is 1. The van der Waals surface area contributed by atoms with Gasteiger partial charge in [-0.15, -0.1) is 24.0 Å². The van der Waals surface area contributed by atoms with Crippen molar-refractivity contribution < 1.29 is 0 Å². The molecule has 1 N–H and O–H groups in total. The molecule has 5 nitrogen and oxygen atoms in total. The zero-order chi connectivity index (χ0) is 20.8. The van der Waals surface area contributed by atoms with Gasteiger partial charge >= 0.3 is 0 Å². The van der Waals surface area contributed by atoms with Crippen LogP contribution in [-0.4, -0.2) is 79.1 Å². The maximum absolute atomic E-state index is 5.10. The van der Waals surface area contributed by atoms with Gasteiger partial charge in [0.05, 0.1) is 0 Å². The highest BCUT2D eigenvalue weighted by Crippen LogP contribution is 2.31. The van der Waals surface area contributed by atoms with Crippen LogP contribution in [-0.2, 0) is 6.54 Å². The Kier molecular flexibility index (Phi) is 9.91. The van der Waals surface area contributed by atoms with E-state index in [4.69, 9.17) is 4.99 Å². The zero-order valence-electron chi connectivity index (χ0n) is 19.5. The number of halogens is 1. The Balaban J connectivity index is 0.00000272. The summed E-state index contributed by atoms with van der Waals surface area (Å²) in [6.45, 7) is 14.7. The molecule has 3 fully saturated rings. The first-order chi connectivity index (χ1) is 14.8. The second kappa shape index (κ2) is 12.4. The number of aliphatic imine (C=N–C) groups is 1. The van der Waals surface area contributed by atoms with Crippen LogP contribution in [0.1, 0.15) is 45.1 Å². The van der Waals surface area contributed by atoms with Gasteiger partial charge in [-0.25, -0.2) is 0 Å². The number of piperidine rings is 2. The standard InChI is InChI=1S/C25H41N5.HI/c1-3-26-25(27-17-22-12-15-28(4-2)18-22)30-16-13-24-23(20-30)11-8-14-29(24)19-21-9-6-5-7-10-21;/h5-7,9-10,22-24H,3-4,8,11-20H2,1-2H3,(H,26,27);1H. The third kappa shape index (κ3) is 6.57. The minimum Gasteiger partial charge on any atom is -0.357 e. The van der Waals surface area contributed by atoms with Crippen molar-refractivity contribution in [3.05, 3.63) is 35.9 Å². The second-order valence-electron chi connectivity index (χ2n) is 9.40. The first kappa shape index (κ1) is 24.8. The van der Waals surface area contributed by atoms with Crippen LogP contribution in [0.25, 0.3) is 0 Å². The summed E-state index contributed by atoms with van der Waals surface area (Å²) in [5.41, 5.74) is 1.45. The summed E-state index contributed by atoms with van der Waals surface area (Å²) in [7, 11) is 0. The highest BCUT2D eigenvalue weighted by molar-refractivity contribution is 14.0. The van der Waals surface area contributed by atoms with Gasteiger partial charge in [-0.2, -0.15) is 0 Å². The molecular weight excluding hydrogens is 497 g/mol. The van der Waals surface area contributed by atoms with Crippen LogP contribution in [0.4, 0.5) is 0 Å². The highest BCUT2D eigenvalue weighted by Gasteiger charge is 2.36. The highest BCUT2D eigenvalue weighted by atomic mass is 127. The van der Waals surface area contributed by atoms with E-state index >= 15 is 0 Å². The van der Waals surface area contributed by atoms with Crippen LogP contribution < -0.4 is 5.32 Å². The lowest BCUT2D eigenvalue weighted by atomic mass is 9.83. The number of likely N-dealkylation sites (tertiary alicyclic amines) is 3. The first-order valence-corrected chi connectivity index (χ1v) is 12.3. The van der Waals surface area contributed by atoms with Gasteiger partial charge in [0.1, 0.15) is 0 Å². The summed E-state index contributed by atoms with van der Waals surface area (Å²) >= 11 is 0. The number of nitrogens with one attached hydrogen (secondary N) is 1. The normalized spacial score (nSPS) is 27.6. The molecule has 0 bridgehead atoms. The second-order valence-corrected chi connectivity index (χ2v) is 9.40. The summed E-state index contributed by atoms with van der Waals surface area (Å²) in [6.07, 6.45) is 5.25. The topological polar surface area (TPSA) is 34.1 Å². The van der Waals surface area contributed by atoms with E-state index in [2.05, 4.69) is 64.2 Å². The number of hydrogen-bond donors (Lipinski definition) is 1. The molecule has 174 valence electrons. The SMILES string of the molecule is CCNC(=NCC1CCN(CC)C1)N1CCC2C(CCCN2Cc2ccccc2)C1.I. The molecule has 3 aliphatic rings. The molecule has 0 aliphatic carbocycles. The van der Waals surface area contributed by atoms with E-state index in [1.807, 2.05) is 0 Å². The van der Waals surface area contributed by atoms with Gasteiger partial charge in [-0.3, -0.25) is 9.89 Å². The molecule has 0 aromatic heterocycles. The molecule has 1 aromatic carbocycles. The molecule has 0 radical (unpaired) electrons. The molecule has 3 saturated heterocycles. The predicted molar refractivity (Wildman–Crippen MR) is 141 cm³/mol. The predicted octanol–water partition coefficient (Wildman–Crippen LogP) is 3.90. The fraction of sp³-hybridized carbons (Fsp3) is 0.720. The van der Waals surface area contributed by atoms with Crippen molar-refractivity contribution in [1.82, 2.24) is 20.0 Å². The fourth-order valence-electron chi connectivity index (χ4n) is 5.70. The molecule has 4 rings (SSSR count). The summed E-state index contributed by atoms with van der Waals surface area (Å²) < 4.78 is 0. The van der Waals surface area contributed by atoms with Crippen molar-refractivity contribution in [3.63, 3.8) is 0 Å². The van der Waals surface area contributed by atoms with Crippen molar-refractivity contribution in [3.8, 4) is 0 Å². The molecule has 0 spiro atoms. The van der Waals surface area contributed by atoms with Gasteiger partial charge < -0.3 is 15.1 Å². The van der Waals surface area contributed by atoms with Gasteiger partial charge in [0, 0.05) is 45.3 Å². The summed E-state index contributed by atoms with van der Waals surface area (Å²) in [6, 6.07) is 11.7. The van der Waals surface area contributed by atoms with E-state index in [0.717, 1.165) is 56.6 Å². The minimum atomic E-state index is 0. The van der Waals surface area contributed by atoms with Crippen LogP contribution in [0.2, 0.25) is 0 Å². The van der Waals surface area contributed by atoms with Gasteiger partial charge in [0.15, 0.2) is 5.96 Å². The molecule has 3 atom stereocenters. The zero-order valence-corrected chi connectivity index (χ0v) is 21.8. The molecule has 3 aliphatic heterocycles. The van der Waals surface area contributed by atoms with Crippen LogP contribution in [0.15, 0.2) is 35.3 Å². The van der Waals surface area contributed by atoms with Gasteiger partial charge in [0.2, 0.25) is 0 Å². The van der Waals surface area contributed by atoms with E-state index in [1.165, 1.54) is 57.4 Å². The largest absolute Gasteiger partial charge is 0.357 e. The fourth-order valence-corrected chi connectivity index (χ4v) is 5.70. The molecule has 3 unspecified atom stereocenters. The summed E-state index contributed by atoms with van der Waals surface area (Å²) in [5, 5.41) is 3.60. The monoisotopic (exact) mass is 539 g/mol. The lowest BCUT2D eigenvalue weighted by molar-refractivity contribution is 0.0372. The smallest absolute Gasteiger partial charge is 0.193 e. The van der Waals surface area contributed by atoms with Gasteiger partial charge in [-0.05, 0) is 69.6 Å². The van der Waals surface area contributed by atoms with Gasteiger partial charge in [-0.1, -0.05) is 37.3 Å². The molecule has 0 amide bonds. The Morgan fingerprint density at radius 1 is 1.03 bits per heavy atom. The Bertz CT molecular complexity index is 682. The van der Waals surface area contributed by atoms with Crippen LogP contribution in [0.5, 0.6) is 0 Å². The Morgan fingerprint density at radius 2 is 1.87 bits per heavy atom. The molecule has 6 heteroatoms. The van der Waals surface area contributed by atoms with Crippen molar-refractivity contribution in [2.24, 2.45) is 16.8 Å². The minimum absolute atomic E-state index is 0. The number of rotatable bonds is 6. The van der Waals surface area contributed by atoms with E-state index in [9.17, 15) is 0 Å². The molecule has 1 aromatic rings. The van der Waals surface area contributed by atoms with Crippen LogP contribution in [0, 0.1) is 11.8 Å². The molecule has 0 saturated carbocycles. The van der Waals surface area contributed by atoms with Crippen molar-refractivity contribution >= 4 is 29.9 Å². The Labute approximate surface area is 206 Å². The summed E-state index contributed by atoms with van der Waals surface area (Å²) in [5.74, 6) is 2.65. The Morgan fingerprint density at radius 3 is 2.61 bits per heavy atom. The van der Waals surface area contributed by atoms with E-state index < -0.39 is 0 Å². The number of nitrogens with zero attached hydrogens (tertiary/aromatic N) is 4. The van der Waals surface area contributed by atoms with E-state index in [0.29, 0.717) is 0 Å². The third-order valence-electron chi connectivity index (χ3n) is 7.36. The molecular formula is C25H42IN5. The quantitative estimate of drug-likeness (QED) is 0.338.